The average Bonchev–Trinajstić information content (AvgIpc) is 2.32. The van der Waals surface area contributed by atoms with E-state index in [0.717, 1.165) is 16.9 Å². The van der Waals surface area contributed by atoms with Gasteiger partial charge in [0.25, 0.3) is 0 Å². The predicted molar refractivity (Wildman–Crippen MR) is 68.4 cm³/mol. The Bertz CT molecular complexity index is 536. The van der Waals surface area contributed by atoms with E-state index in [4.69, 9.17) is 0 Å². The molecule has 0 fully saturated rings. The van der Waals surface area contributed by atoms with Gasteiger partial charge in [0.1, 0.15) is 0 Å². The van der Waals surface area contributed by atoms with Gasteiger partial charge in [0.15, 0.2) is 0 Å². The third-order valence-corrected chi connectivity index (χ3v) is 3.74. The zero-order valence-corrected chi connectivity index (χ0v) is 9.55. The molecule has 1 aliphatic rings. The predicted octanol–water partition coefficient (Wildman–Crippen LogP) is 3.69. The molecule has 16 heavy (non-hydrogen) atoms. The van der Waals surface area contributed by atoms with Crippen molar-refractivity contribution in [1.29, 1.82) is 0 Å². The molecule has 0 spiro atoms. The number of benzene rings is 2. The van der Waals surface area contributed by atoms with Gasteiger partial charge in [-0.15, -0.1) is 11.8 Å². The molecule has 1 aliphatic heterocycles. The molecule has 1 heteroatoms. The summed E-state index contributed by atoms with van der Waals surface area (Å²) in [6.07, 6.45) is 0. The number of hydrogen-bond acceptors (Lipinski definition) is 1. The largest absolute Gasteiger partial charge is 0.120 e. The number of hydrogen-bond donors (Lipinski definition) is 0. The summed E-state index contributed by atoms with van der Waals surface area (Å²) in [5, 5.41) is 0. The van der Waals surface area contributed by atoms with Crippen molar-refractivity contribution in [3.63, 3.8) is 0 Å². The lowest BCUT2D eigenvalue weighted by atomic mass is 10.1. The lowest BCUT2D eigenvalue weighted by Crippen LogP contribution is -1.91. The second-order valence-electron chi connectivity index (χ2n) is 3.69. The molecule has 1 heterocycles. The SMILES string of the molecule is C1#Cc2ccccc2SCc2ccccc21. The zero-order chi connectivity index (χ0) is 10.8. The Kier molecular flexibility index (Phi) is 2.44. The highest BCUT2D eigenvalue weighted by Crippen LogP contribution is 2.28. The van der Waals surface area contributed by atoms with E-state index in [9.17, 15) is 0 Å². The van der Waals surface area contributed by atoms with Gasteiger partial charge in [0.05, 0.1) is 0 Å². The van der Waals surface area contributed by atoms with Gasteiger partial charge in [0.2, 0.25) is 0 Å². The van der Waals surface area contributed by atoms with Gasteiger partial charge < -0.3 is 0 Å². The van der Waals surface area contributed by atoms with Crippen molar-refractivity contribution in [3.05, 3.63) is 65.2 Å². The minimum Gasteiger partial charge on any atom is -0.120 e. The van der Waals surface area contributed by atoms with Crippen molar-refractivity contribution in [2.75, 3.05) is 0 Å². The fourth-order valence-electron chi connectivity index (χ4n) is 1.75. The smallest absolute Gasteiger partial charge is 0.0385 e. The fraction of sp³-hybridized carbons (Fsp3) is 0.0667. The molecule has 0 bridgehead atoms. The van der Waals surface area contributed by atoms with E-state index in [1.807, 2.05) is 23.9 Å². The van der Waals surface area contributed by atoms with Crippen molar-refractivity contribution < 1.29 is 0 Å². The summed E-state index contributed by atoms with van der Waals surface area (Å²) in [6.45, 7) is 0. The van der Waals surface area contributed by atoms with Crippen molar-refractivity contribution in [1.82, 2.24) is 0 Å². The van der Waals surface area contributed by atoms with E-state index in [2.05, 4.69) is 48.2 Å². The minimum absolute atomic E-state index is 1.00. The quantitative estimate of drug-likeness (QED) is 0.613. The first-order valence-electron chi connectivity index (χ1n) is 5.25. The van der Waals surface area contributed by atoms with Crippen LogP contribution in [0.3, 0.4) is 0 Å². The van der Waals surface area contributed by atoms with Gasteiger partial charge in [-0.2, -0.15) is 0 Å². The Morgan fingerprint density at radius 2 is 1.50 bits per heavy atom. The molecule has 0 radical (unpaired) electrons. The van der Waals surface area contributed by atoms with Gasteiger partial charge in [-0.05, 0) is 23.8 Å². The molecule has 0 N–H and O–H groups in total. The fourth-order valence-corrected chi connectivity index (χ4v) is 2.77. The van der Waals surface area contributed by atoms with Crippen LogP contribution in [0.4, 0.5) is 0 Å². The standard InChI is InChI=1S/C15H10S/c1-2-7-14-11-16-15-8-4-3-6-13(15)10-9-12(14)5-1/h1-8H,11H2. The van der Waals surface area contributed by atoms with Crippen molar-refractivity contribution in [3.8, 4) is 11.8 Å². The average molecular weight is 222 g/mol. The Hall–Kier alpha value is -1.65. The molecule has 0 aliphatic carbocycles. The van der Waals surface area contributed by atoms with Gasteiger partial charge in [-0.3, -0.25) is 0 Å². The summed E-state index contributed by atoms with van der Waals surface area (Å²) in [6, 6.07) is 16.7. The summed E-state index contributed by atoms with van der Waals surface area (Å²) in [7, 11) is 0. The maximum atomic E-state index is 3.26. The molecule has 0 aromatic heterocycles. The summed E-state index contributed by atoms with van der Waals surface area (Å²) in [5.41, 5.74) is 3.63. The Morgan fingerprint density at radius 1 is 0.812 bits per heavy atom. The summed E-state index contributed by atoms with van der Waals surface area (Å²) in [4.78, 5) is 1.28. The van der Waals surface area contributed by atoms with E-state index < -0.39 is 0 Å². The summed E-state index contributed by atoms with van der Waals surface area (Å²) < 4.78 is 0. The Morgan fingerprint density at radius 3 is 2.44 bits per heavy atom. The van der Waals surface area contributed by atoms with Crippen molar-refractivity contribution in [2.45, 2.75) is 10.6 Å². The van der Waals surface area contributed by atoms with Crippen LogP contribution in [0, 0.1) is 11.8 Å². The Balaban J connectivity index is 2.16. The van der Waals surface area contributed by atoms with Crippen LogP contribution in [0.2, 0.25) is 0 Å². The topological polar surface area (TPSA) is 0 Å². The second kappa shape index (κ2) is 4.08. The highest BCUT2D eigenvalue weighted by molar-refractivity contribution is 7.98. The van der Waals surface area contributed by atoms with Crippen LogP contribution in [0.5, 0.6) is 0 Å². The normalized spacial score (nSPS) is 12.5. The molecule has 0 amide bonds. The monoisotopic (exact) mass is 222 g/mol. The summed E-state index contributed by atoms with van der Waals surface area (Å²) in [5.74, 6) is 7.51. The maximum Gasteiger partial charge on any atom is 0.0385 e. The van der Waals surface area contributed by atoms with Crippen LogP contribution in [-0.2, 0) is 5.75 Å². The van der Waals surface area contributed by atoms with E-state index in [1.54, 1.807) is 0 Å². The molecule has 0 nitrogen and oxygen atoms in total. The molecule has 0 atom stereocenters. The zero-order valence-electron chi connectivity index (χ0n) is 8.73. The van der Waals surface area contributed by atoms with Gasteiger partial charge in [0, 0.05) is 21.8 Å². The first kappa shape index (κ1) is 9.57. The van der Waals surface area contributed by atoms with Gasteiger partial charge >= 0.3 is 0 Å². The van der Waals surface area contributed by atoms with Crippen molar-refractivity contribution in [2.24, 2.45) is 0 Å². The van der Waals surface area contributed by atoms with Crippen LogP contribution in [0.15, 0.2) is 53.4 Å². The maximum absolute atomic E-state index is 3.26. The molecular formula is C15H10S. The molecule has 2 aromatic carbocycles. The van der Waals surface area contributed by atoms with E-state index in [0.29, 0.717) is 0 Å². The molecule has 76 valence electrons. The number of rotatable bonds is 0. The number of fused-ring (bicyclic) bond motifs is 2. The van der Waals surface area contributed by atoms with Crippen LogP contribution >= 0.6 is 11.8 Å². The number of thioether (sulfide) groups is 1. The second-order valence-corrected chi connectivity index (χ2v) is 4.71. The Labute approximate surface area is 99.7 Å². The van der Waals surface area contributed by atoms with Gasteiger partial charge in [-0.25, -0.2) is 0 Å². The highest BCUT2D eigenvalue weighted by atomic mass is 32.2. The van der Waals surface area contributed by atoms with Crippen molar-refractivity contribution >= 4 is 11.8 Å². The first-order chi connectivity index (χ1) is 7.93. The highest BCUT2D eigenvalue weighted by Gasteiger charge is 2.06. The first-order valence-corrected chi connectivity index (χ1v) is 6.24. The third kappa shape index (κ3) is 1.73. The molecule has 0 saturated heterocycles. The van der Waals surface area contributed by atoms with E-state index in [1.165, 1.54) is 10.5 Å². The van der Waals surface area contributed by atoms with Crippen LogP contribution < -0.4 is 0 Å². The molecule has 0 saturated carbocycles. The van der Waals surface area contributed by atoms with Crippen LogP contribution in [0.25, 0.3) is 0 Å². The van der Waals surface area contributed by atoms with Crippen LogP contribution in [0.1, 0.15) is 16.7 Å². The molecule has 3 rings (SSSR count). The van der Waals surface area contributed by atoms with E-state index >= 15 is 0 Å². The lowest BCUT2D eigenvalue weighted by molar-refractivity contribution is 1.33. The lowest BCUT2D eigenvalue weighted by Gasteiger charge is -2.09. The van der Waals surface area contributed by atoms with Gasteiger partial charge in [-0.1, -0.05) is 42.2 Å². The molecular weight excluding hydrogens is 212 g/mol. The van der Waals surface area contributed by atoms with E-state index in [-0.39, 0.29) is 0 Å². The summed E-state index contributed by atoms with van der Waals surface area (Å²) >= 11 is 1.86. The van der Waals surface area contributed by atoms with Crippen LogP contribution in [-0.4, -0.2) is 0 Å². The third-order valence-electron chi connectivity index (χ3n) is 2.62. The molecule has 0 unspecified atom stereocenters. The minimum atomic E-state index is 1.00. The molecule has 2 aromatic rings.